The summed E-state index contributed by atoms with van der Waals surface area (Å²) in [4.78, 5) is 0. The fraction of sp³-hybridized carbons (Fsp3) is 0.0769. The zero-order valence-corrected chi connectivity index (χ0v) is 12.7. The molecule has 0 aliphatic heterocycles. The molecule has 4 heteroatoms. The van der Waals surface area contributed by atoms with Crippen LogP contribution in [-0.4, -0.2) is 0 Å². The second-order valence-electron chi connectivity index (χ2n) is 3.49. The van der Waals surface area contributed by atoms with Crippen molar-refractivity contribution in [3.05, 3.63) is 62.0 Å². The van der Waals surface area contributed by atoms with Gasteiger partial charge in [0.05, 0.1) is 4.47 Å². The van der Waals surface area contributed by atoms with Gasteiger partial charge in [0, 0.05) is 9.50 Å². The number of rotatable bonds is 3. The first-order valence-corrected chi connectivity index (χ1v) is 6.94. The van der Waals surface area contributed by atoms with Crippen LogP contribution in [0.5, 0.6) is 5.75 Å². The second kappa shape index (κ2) is 5.89. The molecule has 0 heterocycles. The van der Waals surface area contributed by atoms with E-state index < -0.39 is 0 Å². The lowest BCUT2D eigenvalue weighted by atomic mass is 10.2. The number of benzene rings is 2. The molecule has 0 aliphatic carbocycles. The van der Waals surface area contributed by atoms with Gasteiger partial charge in [-0.25, -0.2) is 0 Å². The van der Waals surface area contributed by atoms with Gasteiger partial charge in [0.1, 0.15) is 12.4 Å². The van der Waals surface area contributed by atoms with E-state index in [1.54, 1.807) is 0 Å². The molecule has 0 radical (unpaired) electrons. The summed E-state index contributed by atoms with van der Waals surface area (Å²) in [6, 6.07) is 13.5. The van der Waals surface area contributed by atoms with Gasteiger partial charge in [-0.2, -0.15) is 0 Å². The molecule has 0 N–H and O–H groups in total. The van der Waals surface area contributed by atoms with E-state index in [9.17, 15) is 0 Å². The summed E-state index contributed by atoms with van der Waals surface area (Å²) in [5.74, 6) is 0.789. The molecule has 2 rings (SSSR count). The summed E-state index contributed by atoms with van der Waals surface area (Å²) in [5, 5.41) is 0.688. The molecule has 0 fully saturated rings. The van der Waals surface area contributed by atoms with E-state index in [-0.39, 0.29) is 0 Å². The van der Waals surface area contributed by atoms with Crippen molar-refractivity contribution in [1.29, 1.82) is 0 Å². The Labute approximate surface area is 122 Å². The lowest BCUT2D eigenvalue weighted by molar-refractivity contribution is 0.304. The van der Waals surface area contributed by atoms with E-state index in [1.807, 2.05) is 42.5 Å². The number of hydrogen-bond donors (Lipinski definition) is 0. The highest BCUT2D eigenvalue weighted by Crippen LogP contribution is 2.28. The standard InChI is InChI=1S/C13H9Br2ClO/c14-10-3-1-9(2-4-10)8-17-13-6-5-11(16)7-12(13)15/h1-7H,8H2. The molecule has 2 aromatic rings. The molecule has 0 saturated heterocycles. The van der Waals surface area contributed by atoms with Gasteiger partial charge >= 0.3 is 0 Å². The average molecular weight is 376 g/mol. The lowest BCUT2D eigenvalue weighted by Crippen LogP contribution is -1.95. The van der Waals surface area contributed by atoms with Crippen molar-refractivity contribution in [2.75, 3.05) is 0 Å². The Morgan fingerprint density at radius 1 is 1.00 bits per heavy atom. The van der Waals surface area contributed by atoms with Crippen LogP contribution < -0.4 is 4.74 Å². The maximum Gasteiger partial charge on any atom is 0.134 e. The van der Waals surface area contributed by atoms with Gasteiger partial charge in [-0.15, -0.1) is 0 Å². The molecule has 17 heavy (non-hydrogen) atoms. The Morgan fingerprint density at radius 3 is 2.35 bits per heavy atom. The zero-order valence-electron chi connectivity index (χ0n) is 8.79. The quantitative estimate of drug-likeness (QED) is 0.693. The maximum atomic E-state index is 5.86. The molecule has 0 saturated carbocycles. The molecule has 0 spiro atoms. The average Bonchev–Trinajstić information content (AvgIpc) is 2.30. The molecule has 0 aliphatic rings. The van der Waals surface area contributed by atoms with Crippen molar-refractivity contribution in [2.24, 2.45) is 0 Å². The normalized spacial score (nSPS) is 10.3. The lowest BCUT2D eigenvalue weighted by Gasteiger charge is -2.08. The van der Waals surface area contributed by atoms with Gasteiger partial charge in [-0.3, -0.25) is 0 Å². The predicted octanol–water partition coefficient (Wildman–Crippen LogP) is 5.44. The highest BCUT2D eigenvalue weighted by atomic mass is 79.9. The van der Waals surface area contributed by atoms with Gasteiger partial charge in [0.2, 0.25) is 0 Å². The molecule has 0 unspecified atom stereocenters. The first-order chi connectivity index (χ1) is 8.15. The van der Waals surface area contributed by atoms with Crippen LogP contribution in [0.1, 0.15) is 5.56 Å². The number of hydrogen-bond acceptors (Lipinski definition) is 1. The first-order valence-electron chi connectivity index (χ1n) is 4.97. The van der Waals surface area contributed by atoms with Gasteiger partial charge < -0.3 is 4.74 Å². The van der Waals surface area contributed by atoms with Gasteiger partial charge in [0.15, 0.2) is 0 Å². The molecule has 0 aromatic heterocycles. The Bertz CT molecular complexity index is 511. The SMILES string of the molecule is Clc1ccc(OCc2ccc(Br)cc2)c(Br)c1. The van der Waals surface area contributed by atoms with E-state index in [1.165, 1.54) is 0 Å². The summed E-state index contributed by atoms with van der Waals surface area (Å²) in [5.41, 5.74) is 1.12. The van der Waals surface area contributed by atoms with Crippen LogP contribution >= 0.6 is 43.5 Å². The third-order valence-electron chi connectivity index (χ3n) is 2.20. The number of halogens is 3. The molecule has 0 atom stereocenters. The first kappa shape index (κ1) is 12.9. The summed E-state index contributed by atoms with van der Waals surface area (Å²) < 4.78 is 7.62. The monoisotopic (exact) mass is 374 g/mol. The Hall–Kier alpha value is -0.510. The highest BCUT2D eigenvalue weighted by Gasteiger charge is 2.02. The van der Waals surface area contributed by atoms with Crippen LogP contribution in [0.3, 0.4) is 0 Å². The van der Waals surface area contributed by atoms with Crippen molar-refractivity contribution in [3.63, 3.8) is 0 Å². The van der Waals surface area contributed by atoms with Crippen LogP contribution in [0.15, 0.2) is 51.4 Å². The Kier molecular flexibility index (Phi) is 4.48. The topological polar surface area (TPSA) is 9.23 Å². The van der Waals surface area contributed by atoms with Gasteiger partial charge in [-0.1, -0.05) is 39.7 Å². The molecular formula is C13H9Br2ClO. The molecule has 2 aromatic carbocycles. The predicted molar refractivity (Wildman–Crippen MR) is 77.6 cm³/mol. The van der Waals surface area contributed by atoms with Crippen LogP contribution in [0.2, 0.25) is 5.02 Å². The molecular weight excluding hydrogens is 367 g/mol. The third-order valence-corrected chi connectivity index (χ3v) is 3.58. The van der Waals surface area contributed by atoms with Crippen molar-refractivity contribution >= 4 is 43.5 Å². The van der Waals surface area contributed by atoms with Crippen molar-refractivity contribution in [1.82, 2.24) is 0 Å². The van der Waals surface area contributed by atoms with E-state index in [2.05, 4.69) is 31.9 Å². The van der Waals surface area contributed by atoms with Crippen LogP contribution in [0.25, 0.3) is 0 Å². The van der Waals surface area contributed by atoms with Crippen molar-refractivity contribution in [2.45, 2.75) is 6.61 Å². The Morgan fingerprint density at radius 2 is 1.71 bits per heavy atom. The third kappa shape index (κ3) is 3.73. The fourth-order valence-electron chi connectivity index (χ4n) is 1.33. The van der Waals surface area contributed by atoms with E-state index in [0.29, 0.717) is 11.6 Å². The summed E-state index contributed by atoms with van der Waals surface area (Å²) >= 11 is 12.7. The Balaban J connectivity index is 2.04. The van der Waals surface area contributed by atoms with E-state index in [4.69, 9.17) is 16.3 Å². The largest absolute Gasteiger partial charge is 0.488 e. The minimum absolute atomic E-state index is 0.535. The molecule has 88 valence electrons. The van der Waals surface area contributed by atoms with Crippen molar-refractivity contribution in [3.8, 4) is 5.75 Å². The van der Waals surface area contributed by atoms with Crippen molar-refractivity contribution < 1.29 is 4.74 Å². The fourth-order valence-corrected chi connectivity index (χ4v) is 2.40. The minimum atomic E-state index is 0.535. The summed E-state index contributed by atoms with van der Waals surface area (Å²) in [7, 11) is 0. The minimum Gasteiger partial charge on any atom is -0.488 e. The van der Waals surface area contributed by atoms with Crippen LogP contribution in [-0.2, 0) is 6.61 Å². The van der Waals surface area contributed by atoms with E-state index in [0.717, 1.165) is 20.3 Å². The molecule has 0 bridgehead atoms. The van der Waals surface area contributed by atoms with Crippen LogP contribution in [0, 0.1) is 0 Å². The molecule has 1 nitrogen and oxygen atoms in total. The molecule has 0 amide bonds. The van der Waals surface area contributed by atoms with Gasteiger partial charge in [-0.05, 0) is 51.8 Å². The van der Waals surface area contributed by atoms with Gasteiger partial charge in [0.25, 0.3) is 0 Å². The van der Waals surface area contributed by atoms with E-state index >= 15 is 0 Å². The second-order valence-corrected chi connectivity index (χ2v) is 5.70. The summed E-state index contributed by atoms with van der Waals surface area (Å²) in [6.07, 6.45) is 0. The highest BCUT2D eigenvalue weighted by molar-refractivity contribution is 9.10. The summed E-state index contributed by atoms with van der Waals surface area (Å²) in [6.45, 7) is 0.535. The number of ether oxygens (including phenoxy) is 1. The van der Waals surface area contributed by atoms with Crippen LogP contribution in [0.4, 0.5) is 0 Å². The smallest absolute Gasteiger partial charge is 0.134 e. The maximum absolute atomic E-state index is 5.86. The zero-order chi connectivity index (χ0) is 12.3.